The number of benzene rings is 1. The van der Waals surface area contributed by atoms with Gasteiger partial charge in [-0.25, -0.2) is 17.8 Å². The Bertz CT molecular complexity index is 1050. The SMILES string of the molecule is CC(c1ccccn1)N(C)Cc1cnc(S(C)(=O)=O)n1Cc1ccccc1F. The molecule has 0 amide bonds. The number of hydrogen-bond donors (Lipinski definition) is 0. The summed E-state index contributed by atoms with van der Waals surface area (Å²) in [5, 5.41) is -0.0651. The van der Waals surface area contributed by atoms with E-state index in [1.807, 2.05) is 37.1 Å². The van der Waals surface area contributed by atoms with Crippen molar-refractivity contribution in [1.82, 2.24) is 19.4 Å². The quantitative estimate of drug-likeness (QED) is 0.608. The van der Waals surface area contributed by atoms with Crippen LogP contribution in [0.5, 0.6) is 0 Å². The van der Waals surface area contributed by atoms with Crippen LogP contribution < -0.4 is 0 Å². The zero-order valence-corrected chi connectivity index (χ0v) is 16.9. The monoisotopic (exact) mass is 402 g/mol. The molecule has 6 nitrogen and oxygen atoms in total. The third-order valence-electron chi connectivity index (χ3n) is 4.71. The van der Waals surface area contributed by atoms with Gasteiger partial charge in [-0.1, -0.05) is 24.3 Å². The second-order valence-electron chi connectivity index (χ2n) is 6.83. The molecule has 0 aliphatic heterocycles. The van der Waals surface area contributed by atoms with Crippen molar-refractivity contribution in [3.63, 3.8) is 0 Å². The molecule has 0 bridgehead atoms. The second-order valence-corrected chi connectivity index (χ2v) is 8.74. The average Bonchev–Trinajstić information content (AvgIpc) is 3.06. The lowest BCUT2D eigenvalue weighted by Crippen LogP contribution is -2.25. The van der Waals surface area contributed by atoms with Crippen molar-refractivity contribution >= 4 is 9.84 Å². The predicted molar refractivity (Wildman–Crippen MR) is 105 cm³/mol. The molecule has 8 heteroatoms. The van der Waals surface area contributed by atoms with Gasteiger partial charge in [0.15, 0.2) is 0 Å². The van der Waals surface area contributed by atoms with E-state index >= 15 is 0 Å². The molecule has 1 unspecified atom stereocenters. The number of aromatic nitrogens is 3. The molecule has 0 fully saturated rings. The molecule has 3 rings (SSSR count). The third-order valence-corrected chi connectivity index (χ3v) is 5.70. The summed E-state index contributed by atoms with van der Waals surface area (Å²) in [4.78, 5) is 10.5. The highest BCUT2D eigenvalue weighted by Gasteiger charge is 2.22. The lowest BCUT2D eigenvalue weighted by atomic mass is 10.2. The third kappa shape index (κ3) is 4.45. The fraction of sp³-hybridized carbons (Fsp3) is 0.300. The summed E-state index contributed by atoms with van der Waals surface area (Å²) in [5.74, 6) is -0.378. The summed E-state index contributed by atoms with van der Waals surface area (Å²) in [6.07, 6.45) is 4.39. The van der Waals surface area contributed by atoms with Crippen molar-refractivity contribution in [1.29, 1.82) is 0 Å². The van der Waals surface area contributed by atoms with E-state index in [-0.39, 0.29) is 23.6 Å². The zero-order valence-electron chi connectivity index (χ0n) is 16.1. The summed E-state index contributed by atoms with van der Waals surface area (Å²) in [7, 11) is -1.62. The Hall–Kier alpha value is -2.58. The minimum Gasteiger partial charge on any atom is -0.313 e. The van der Waals surface area contributed by atoms with Gasteiger partial charge in [-0.3, -0.25) is 9.88 Å². The van der Waals surface area contributed by atoms with Crippen LogP contribution in [0, 0.1) is 5.82 Å². The van der Waals surface area contributed by atoms with Gasteiger partial charge in [-0.15, -0.1) is 0 Å². The number of sulfone groups is 1. The number of rotatable bonds is 7. The van der Waals surface area contributed by atoms with E-state index in [2.05, 4.69) is 9.97 Å². The van der Waals surface area contributed by atoms with E-state index in [1.165, 1.54) is 6.07 Å². The van der Waals surface area contributed by atoms with E-state index < -0.39 is 9.84 Å². The summed E-state index contributed by atoms with van der Waals surface area (Å²) in [5.41, 5.74) is 2.01. The molecule has 148 valence electrons. The minimum absolute atomic E-state index is 0.0136. The van der Waals surface area contributed by atoms with Gasteiger partial charge in [-0.2, -0.15) is 0 Å². The first-order valence-electron chi connectivity index (χ1n) is 8.86. The highest BCUT2D eigenvalue weighted by molar-refractivity contribution is 7.90. The first-order valence-corrected chi connectivity index (χ1v) is 10.8. The van der Waals surface area contributed by atoms with Crippen LogP contribution in [0.1, 0.15) is 29.9 Å². The Labute approximate surface area is 164 Å². The number of nitrogens with zero attached hydrogens (tertiary/aromatic N) is 4. The molecular formula is C20H23FN4O2S. The molecule has 0 aliphatic carbocycles. The summed E-state index contributed by atoms with van der Waals surface area (Å²) >= 11 is 0. The highest BCUT2D eigenvalue weighted by Crippen LogP contribution is 2.22. The maximum atomic E-state index is 14.2. The van der Waals surface area contributed by atoms with Gasteiger partial charge in [0.2, 0.25) is 15.0 Å². The molecule has 1 aromatic carbocycles. The fourth-order valence-electron chi connectivity index (χ4n) is 3.02. The van der Waals surface area contributed by atoms with Gasteiger partial charge in [0.05, 0.1) is 24.1 Å². The van der Waals surface area contributed by atoms with Gasteiger partial charge < -0.3 is 4.57 Å². The molecule has 0 spiro atoms. The van der Waals surface area contributed by atoms with Crippen molar-refractivity contribution in [3.05, 3.63) is 77.6 Å². The van der Waals surface area contributed by atoms with Crippen molar-refractivity contribution in [2.75, 3.05) is 13.3 Å². The second kappa shape index (κ2) is 8.20. The number of hydrogen-bond acceptors (Lipinski definition) is 5. The van der Waals surface area contributed by atoms with Crippen LogP contribution in [0.4, 0.5) is 4.39 Å². The van der Waals surface area contributed by atoms with Crippen LogP contribution in [0.25, 0.3) is 0 Å². The van der Waals surface area contributed by atoms with Crippen LogP contribution in [-0.2, 0) is 22.9 Å². The molecule has 1 atom stereocenters. The Morgan fingerprint density at radius 3 is 2.50 bits per heavy atom. The van der Waals surface area contributed by atoms with Crippen LogP contribution in [0.15, 0.2) is 60.0 Å². The van der Waals surface area contributed by atoms with Crippen molar-refractivity contribution in [2.45, 2.75) is 31.2 Å². The smallest absolute Gasteiger partial charge is 0.227 e. The molecule has 2 heterocycles. The van der Waals surface area contributed by atoms with Gasteiger partial charge in [-0.05, 0) is 32.2 Å². The van der Waals surface area contributed by atoms with E-state index in [0.29, 0.717) is 17.8 Å². The topological polar surface area (TPSA) is 68.1 Å². The van der Waals surface area contributed by atoms with Crippen LogP contribution in [0.3, 0.4) is 0 Å². The minimum atomic E-state index is -3.56. The first-order chi connectivity index (χ1) is 13.3. The maximum Gasteiger partial charge on any atom is 0.227 e. The zero-order chi connectivity index (χ0) is 20.3. The van der Waals surface area contributed by atoms with E-state index in [4.69, 9.17) is 0 Å². The van der Waals surface area contributed by atoms with Crippen molar-refractivity contribution in [3.8, 4) is 0 Å². The fourth-order valence-corrected chi connectivity index (χ4v) is 3.85. The van der Waals surface area contributed by atoms with Gasteiger partial charge in [0.1, 0.15) is 5.82 Å². The molecular weight excluding hydrogens is 379 g/mol. The van der Waals surface area contributed by atoms with E-state index in [1.54, 1.807) is 35.2 Å². The predicted octanol–water partition coefficient (Wildman–Crippen LogP) is 3.06. The first kappa shape index (κ1) is 20.2. The molecule has 0 radical (unpaired) electrons. The molecule has 28 heavy (non-hydrogen) atoms. The lowest BCUT2D eigenvalue weighted by molar-refractivity contribution is 0.242. The van der Waals surface area contributed by atoms with E-state index in [9.17, 15) is 12.8 Å². The molecule has 2 aromatic heterocycles. The Morgan fingerprint density at radius 1 is 1.14 bits per heavy atom. The van der Waals surface area contributed by atoms with Gasteiger partial charge in [0, 0.05) is 30.6 Å². The van der Waals surface area contributed by atoms with Crippen molar-refractivity contribution < 1.29 is 12.8 Å². The Balaban J connectivity index is 1.93. The number of halogens is 1. The molecule has 0 saturated heterocycles. The standard InChI is InChI=1S/C20H23FN4O2S/c1-15(19-10-6-7-11-22-19)24(2)14-17-12-23-20(28(3,26)27)25(17)13-16-8-4-5-9-18(16)21/h4-12,15H,13-14H2,1-3H3. The largest absolute Gasteiger partial charge is 0.313 e. The van der Waals surface area contributed by atoms with Crippen LogP contribution >= 0.6 is 0 Å². The number of pyridine rings is 1. The lowest BCUT2D eigenvalue weighted by Gasteiger charge is -2.25. The molecule has 0 aliphatic rings. The molecule has 0 saturated carbocycles. The maximum absolute atomic E-state index is 14.2. The van der Waals surface area contributed by atoms with E-state index in [0.717, 1.165) is 11.9 Å². The van der Waals surface area contributed by atoms with Gasteiger partial charge in [0.25, 0.3) is 0 Å². The summed E-state index contributed by atoms with van der Waals surface area (Å²) in [6.45, 7) is 2.56. The van der Waals surface area contributed by atoms with Crippen molar-refractivity contribution in [2.24, 2.45) is 0 Å². The molecule has 0 N–H and O–H groups in total. The van der Waals surface area contributed by atoms with Crippen LogP contribution in [-0.4, -0.2) is 41.2 Å². The Morgan fingerprint density at radius 2 is 1.86 bits per heavy atom. The normalized spacial score (nSPS) is 13.0. The summed E-state index contributed by atoms with van der Waals surface area (Å²) < 4.78 is 40.1. The molecule has 3 aromatic rings. The summed E-state index contributed by atoms with van der Waals surface area (Å²) in [6, 6.07) is 12.1. The Kier molecular flexibility index (Phi) is 5.90. The average molecular weight is 402 g/mol. The van der Waals surface area contributed by atoms with Gasteiger partial charge >= 0.3 is 0 Å². The number of imidazole rings is 1. The van der Waals surface area contributed by atoms with Crippen LogP contribution in [0.2, 0.25) is 0 Å². The highest BCUT2D eigenvalue weighted by atomic mass is 32.2.